The van der Waals surface area contributed by atoms with Crippen LogP contribution in [-0.2, 0) is 6.54 Å². The number of nitrogens with zero attached hydrogens (tertiary/aromatic N) is 5. The average molecular weight is 388 g/mol. The smallest absolute Gasteiger partial charge is 0.269 e. The zero-order chi connectivity index (χ0) is 19.6. The molecule has 2 aliphatic rings. The normalized spacial score (nSPS) is 16.8. The van der Waals surface area contributed by atoms with Crippen molar-refractivity contribution in [3.8, 4) is 22.8 Å². The molecule has 0 bridgehead atoms. The van der Waals surface area contributed by atoms with Crippen molar-refractivity contribution >= 4 is 11.6 Å². The molecule has 0 unspecified atom stereocenters. The molecule has 0 spiro atoms. The van der Waals surface area contributed by atoms with E-state index in [0.29, 0.717) is 30.3 Å². The third kappa shape index (κ3) is 3.48. The van der Waals surface area contributed by atoms with Gasteiger partial charge >= 0.3 is 0 Å². The number of fused-ring (bicyclic) bond motifs is 1. The summed E-state index contributed by atoms with van der Waals surface area (Å²) in [5, 5.41) is 7.44. The molecule has 148 valence electrons. The van der Waals surface area contributed by atoms with Crippen molar-refractivity contribution < 1.29 is 4.79 Å². The zero-order valence-electron chi connectivity index (χ0n) is 16.3. The molecule has 7 heteroatoms. The highest BCUT2D eigenvalue weighted by molar-refractivity contribution is 5.94. The Labute approximate surface area is 169 Å². The lowest BCUT2D eigenvalue weighted by atomic mass is 10.1. The Kier molecular flexibility index (Phi) is 4.71. The minimum atomic E-state index is -0.0872. The molecule has 2 aliphatic heterocycles. The molecule has 0 saturated carbocycles. The molecule has 0 aliphatic carbocycles. The summed E-state index contributed by atoms with van der Waals surface area (Å²) in [7, 11) is 0. The van der Waals surface area contributed by atoms with Crippen molar-refractivity contribution in [1.82, 2.24) is 25.1 Å². The lowest BCUT2D eigenvalue weighted by molar-refractivity contribution is 0.0924. The number of nitrogens with one attached hydrogen (secondary N) is 1. The topological polar surface area (TPSA) is 75.9 Å². The van der Waals surface area contributed by atoms with Gasteiger partial charge in [-0.05, 0) is 37.1 Å². The molecule has 5 rings (SSSR count). The Morgan fingerprint density at radius 3 is 2.59 bits per heavy atom. The van der Waals surface area contributed by atoms with Crippen LogP contribution < -0.4 is 10.2 Å². The Balaban J connectivity index is 1.52. The maximum absolute atomic E-state index is 12.1. The van der Waals surface area contributed by atoms with Gasteiger partial charge in [-0.25, -0.2) is 9.97 Å². The van der Waals surface area contributed by atoms with Crippen molar-refractivity contribution in [2.45, 2.75) is 32.2 Å². The van der Waals surface area contributed by atoms with E-state index in [1.165, 1.54) is 31.4 Å². The Bertz CT molecular complexity index is 1040. The second-order valence-corrected chi connectivity index (χ2v) is 7.58. The summed E-state index contributed by atoms with van der Waals surface area (Å²) in [6.07, 6.45) is 6.80. The van der Waals surface area contributed by atoms with Gasteiger partial charge in [-0.1, -0.05) is 25.0 Å². The van der Waals surface area contributed by atoms with Gasteiger partial charge in [-0.15, -0.1) is 0 Å². The summed E-state index contributed by atoms with van der Waals surface area (Å²) < 4.78 is 1.75. The van der Waals surface area contributed by atoms with Crippen LogP contribution in [0.25, 0.3) is 22.8 Å². The monoisotopic (exact) mass is 388 g/mol. The number of rotatable bonds is 3. The van der Waals surface area contributed by atoms with E-state index in [1.54, 1.807) is 16.9 Å². The van der Waals surface area contributed by atoms with Gasteiger partial charge in [-0.3, -0.25) is 9.48 Å². The van der Waals surface area contributed by atoms with Gasteiger partial charge in [0.15, 0.2) is 5.82 Å². The van der Waals surface area contributed by atoms with Crippen LogP contribution in [0.15, 0.2) is 42.6 Å². The third-order valence-electron chi connectivity index (χ3n) is 5.63. The fraction of sp³-hybridized carbons (Fsp3) is 0.364. The van der Waals surface area contributed by atoms with Crippen molar-refractivity contribution in [3.63, 3.8) is 0 Å². The highest BCUT2D eigenvalue weighted by Crippen LogP contribution is 2.31. The number of hydrogen-bond acceptors (Lipinski definition) is 5. The summed E-state index contributed by atoms with van der Waals surface area (Å²) in [6, 6.07) is 12.0. The molecule has 1 aromatic carbocycles. The minimum absolute atomic E-state index is 0.0872. The molecule has 1 saturated heterocycles. The minimum Gasteiger partial charge on any atom is -0.371 e. The number of hydrogen-bond donors (Lipinski definition) is 1. The van der Waals surface area contributed by atoms with Gasteiger partial charge in [-0.2, -0.15) is 5.10 Å². The van der Waals surface area contributed by atoms with Crippen molar-refractivity contribution in [1.29, 1.82) is 0 Å². The molecule has 7 nitrogen and oxygen atoms in total. The van der Waals surface area contributed by atoms with Gasteiger partial charge in [0, 0.05) is 37.1 Å². The van der Waals surface area contributed by atoms with Crippen LogP contribution in [0.2, 0.25) is 0 Å². The first-order chi connectivity index (χ1) is 14.3. The molecule has 29 heavy (non-hydrogen) atoms. The van der Waals surface area contributed by atoms with E-state index in [1.807, 2.05) is 12.1 Å². The molecule has 2 aromatic heterocycles. The van der Waals surface area contributed by atoms with Crippen LogP contribution >= 0.6 is 0 Å². The SMILES string of the molecule is O=C1NCCn2nc(-c3ccnc(-c4ccccc4N4CCCCCC4)n3)cc21. The second kappa shape index (κ2) is 7.66. The molecule has 1 amide bonds. The molecular formula is C22H24N6O. The molecule has 0 radical (unpaired) electrons. The quantitative estimate of drug-likeness (QED) is 0.746. The lowest BCUT2D eigenvalue weighted by Gasteiger charge is -2.25. The number of carbonyl (C=O) groups is 1. The summed E-state index contributed by atoms with van der Waals surface area (Å²) in [5.41, 5.74) is 4.24. The maximum atomic E-state index is 12.1. The standard InChI is InChI=1S/C22H24N6O/c29-22-20-15-18(26-28(20)14-11-24-22)17-9-10-23-21(25-17)16-7-3-4-8-19(16)27-12-5-1-2-6-13-27/h3-4,7-10,15H,1-2,5-6,11-14H2,(H,24,29). The van der Waals surface area contributed by atoms with Crippen LogP contribution in [-0.4, -0.2) is 45.3 Å². The number of amides is 1. The molecule has 0 atom stereocenters. The van der Waals surface area contributed by atoms with E-state index in [9.17, 15) is 4.79 Å². The summed E-state index contributed by atoms with van der Waals surface area (Å²) in [6.45, 7) is 3.42. The number of para-hydroxylation sites is 1. The van der Waals surface area contributed by atoms with Crippen molar-refractivity contribution in [2.75, 3.05) is 24.5 Å². The first-order valence-corrected chi connectivity index (χ1v) is 10.3. The molecule has 1 fully saturated rings. The second-order valence-electron chi connectivity index (χ2n) is 7.58. The van der Waals surface area contributed by atoms with E-state index in [-0.39, 0.29) is 5.91 Å². The number of aromatic nitrogens is 4. The largest absolute Gasteiger partial charge is 0.371 e. The molecule has 1 N–H and O–H groups in total. The summed E-state index contributed by atoms with van der Waals surface area (Å²) >= 11 is 0. The van der Waals surface area contributed by atoms with Crippen LogP contribution in [0.4, 0.5) is 5.69 Å². The van der Waals surface area contributed by atoms with Crippen LogP contribution in [0.1, 0.15) is 36.2 Å². The fourth-order valence-electron chi connectivity index (χ4n) is 4.14. The number of anilines is 1. The summed E-state index contributed by atoms with van der Waals surface area (Å²) in [5.74, 6) is 0.605. The number of carbonyl (C=O) groups excluding carboxylic acids is 1. The van der Waals surface area contributed by atoms with Crippen molar-refractivity contribution in [2.24, 2.45) is 0 Å². The lowest BCUT2D eigenvalue weighted by Crippen LogP contribution is -2.35. The van der Waals surface area contributed by atoms with E-state index in [2.05, 4.69) is 38.5 Å². The van der Waals surface area contributed by atoms with E-state index in [0.717, 1.165) is 24.3 Å². The van der Waals surface area contributed by atoms with Crippen LogP contribution in [0.5, 0.6) is 0 Å². The van der Waals surface area contributed by atoms with Gasteiger partial charge in [0.25, 0.3) is 5.91 Å². The first kappa shape index (κ1) is 17.8. The summed E-state index contributed by atoms with van der Waals surface area (Å²) in [4.78, 5) is 23.9. The zero-order valence-corrected chi connectivity index (χ0v) is 16.3. The van der Waals surface area contributed by atoms with Gasteiger partial charge in [0.2, 0.25) is 0 Å². The van der Waals surface area contributed by atoms with E-state index < -0.39 is 0 Å². The highest BCUT2D eigenvalue weighted by Gasteiger charge is 2.21. The van der Waals surface area contributed by atoms with E-state index >= 15 is 0 Å². The Morgan fingerprint density at radius 2 is 1.76 bits per heavy atom. The number of benzene rings is 1. The third-order valence-corrected chi connectivity index (χ3v) is 5.63. The van der Waals surface area contributed by atoms with Crippen LogP contribution in [0, 0.1) is 0 Å². The average Bonchev–Trinajstić information content (AvgIpc) is 3.03. The van der Waals surface area contributed by atoms with Gasteiger partial charge in [0.1, 0.15) is 11.4 Å². The molecule has 3 aromatic rings. The Morgan fingerprint density at radius 1 is 0.931 bits per heavy atom. The van der Waals surface area contributed by atoms with E-state index in [4.69, 9.17) is 4.98 Å². The molecular weight excluding hydrogens is 364 g/mol. The van der Waals surface area contributed by atoms with Crippen LogP contribution in [0.3, 0.4) is 0 Å². The van der Waals surface area contributed by atoms with Gasteiger partial charge in [0.05, 0.1) is 12.2 Å². The predicted octanol–water partition coefficient (Wildman–Crippen LogP) is 3.13. The first-order valence-electron chi connectivity index (χ1n) is 10.3. The van der Waals surface area contributed by atoms with Gasteiger partial charge < -0.3 is 10.2 Å². The maximum Gasteiger partial charge on any atom is 0.269 e. The fourth-order valence-corrected chi connectivity index (χ4v) is 4.14. The Hall–Kier alpha value is -3.22. The molecule has 4 heterocycles. The van der Waals surface area contributed by atoms with Crippen molar-refractivity contribution in [3.05, 3.63) is 48.3 Å². The highest BCUT2D eigenvalue weighted by atomic mass is 16.2. The predicted molar refractivity (Wildman–Crippen MR) is 112 cm³/mol.